The van der Waals surface area contributed by atoms with Crippen molar-refractivity contribution in [2.24, 2.45) is 5.73 Å². The fourth-order valence-electron chi connectivity index (χ4n) is 0.262. The molecule has 5 heteroatoms. The summed E-state index contributed by atoms with van der Waals surface area (Å²) >= 11 is -1.73. The van der Waals surface area contributed by atoms with Crippen LogP contribution in [-0.4, -0.2) is 27.7 Å². The number of hydrogen-bond acceptors (Lipinski definition) is 3. The van der Waals surface area contributed by atoms with Crippen molar-refractivity contribution in [1.29, 1.82) is 0 Å². The van der Waals surface area contributed by atoms with Crippen molar-refractivity contribution in [2.75, 3.05) is 19.0 Å². The molecule has 4 N–H and O–H groups in total. The van der Waals surface area contributed by atoms with Gasteiger partial charge in [-0.2, -0.15) is 0 Å². The Morgan fingerprint density at radius 3 is 2.75 bits per heavy atom. The summed E-state index contributed by atoms with van der Waals surface area (Å²) in [5.41, 5.74) is 5.07. The Labute approximate surface area is 50.7 Å². The first-order chi connectivity index (χ1) is 3.77. The van der Waals surface area contributed by atoms with E-state index in [2.05, 4.69) is 5.32 Å². The highest BCUT2D eigenvalue weighted by molar-refractivity contribution is 7.79. The first-order valence-corrected chi connectivity index (χ1v) is 3.53. The minimum atomic E-state index is -1.73. The van der Waals surface area contributed by atoms with Crippen LogP contribution in [0.5, 0.6) is 0 Å². The molecule has 0 bridgehead atoms. The third-order valence-corrected chi connectivity index (χ3v) is 0.998. The third-order valence-electron chi connectivity index (χ3n) is 0.547. The molecule has 0 aromatic heterocycles. The van der Waals surface area contributed by atoms with Crippen molar-refractivity contribution in [3.8, 4) is 0 Å². The van der Waals surface area contributed by atoms with E-state index in [-0.39, 0.29) is 5.88 Å². The summed E-state index contributed by atoms with van der Waals surface area (Å²) in [6.07, 6.45) is 0. The summed E-state index contributed by atoms with van der Waals surface area (Å²) in [4.78, 5) is 0. The maximum Gasteiger partial charge on any atom is 0.167 e. The van der Waals surface area contributed by atoms with E-state index in [1.807, 2.05) is 0 Å². The highest BCUT2D eigenvalue weighted by atomic mass is 32.2. The van der Waals surface area contributed by atoms with Crippen LogP contribution in [0.1, 0.15) is 0 Å². The van der Waals surface area contributed by atoms with E-state index in [4.69, 9.17) is 10.3 Å². The standard InChI is InChI=1S/C3H10N2O2S/c4-1-2-5-3-8(6)7/h5H,1-4H2,(H,6,7). The zero-order chi connectivity index (χ0) is 6.41. The first kappa shape index (κ1) is 8.03. The van der Waals surface area contributed by atoms with Gasteiger partial charge in [0.15, 0.2) is 11.1 Å². The molecule has 0 heterocycles. The van der Waals surface area contributed by atoms with E-state index in [9.17, 15) is 4.21 Å². The van der Waals surface area contributed by atoms with E-state index < -0.39 is 11.1 Å². The zero-order valence-electron chi connectivity index (χ0n) is 4.46. The maximum atomic E-state index is 9.88. The normalized spacial score (nSPS) is 13.8. The summed E-state index contributed by atoms with van der Waals surface area (Å²) in [7, 11) is 0. The Hall–Kier alpha value is 0.0300. The van der Waals surface area contributed by atoms with Gasteiger partial charge in [-0.3, -0.25) is 0 Å². The van der Waals surface area contributed by atoms with Gasteiger partial charge in [-0.1, -0.05) is 0 Å². The highest BCUT2D eigenvalue weighted by Gasteiger charge is 1.87. The van der Waals surface area contributed by atoms with Crippen LogP contribution in [0.4, 0.5) is 0 Å². The molecular formula is C3H10N2O2S. The molecule has 0 saturated heterocycles. The van der Waals surface area contributed by atoms with Crippen LogP contribution < -0.4 is 11.1 Å². The number of rotatable bonds is 4. The molecule has 0 rings (SSSR count). The molecule has 0 aromatic carbocycles. The van der Waals surface area contributed by atoms with E-state index in [0.717, 1.165) is 0 Å². The Morgan fingerprint density at radius 1 is 1.75 bits per heavy atom. The Balaban J connectivity index is 2.82. The molecule has 0 spiro atoms. The van der Waals surface area contributed by atoms with Crippen molar-refractivity contribution in [3.63, 3.8) is 0 Å². The summed E-state index contributed by atoms with van der Waals surface area (Å²) < 4.78 is 18.0. The van der Waals surface area contributed by atoms with Gasteiger partial charge in [-0.05, 0) is 0 Å². The molecule has 1 atom stereocenters. The molecular weight excluding hydrogens is 128 g/mol. The van der Waals surface area contributed by atoms with Crippen molar-refractivity contribution in [2.45, 2.75) is 0 Å². The van der Waals surface area contributed by atoms with Crippen LogP contribution >= 0.6 is 0 Å². The van der Waals surface area contributed by atoms with E-state index in [0.29, 0.717) is 13.1 Å². The lowest BCUT2D eigenvalue weighted by molar-refractivity contribution is 0.556. The van der Waals surface area contributed by atoms with Crippen molar-refractivity contribution < 1.29 is 8.76 Å². The average Bonchev–Trinajstić information content (AvgIpc) is 1.66. The molecule has 4 nitrogen and oxygen atoms in total. The van der Waals surface area contributed by atoms with E-state index >= 15 is 0 Å². The van der Waals surface area contributed by atoms with Gasteiger partial charge >= 0.3 is 0 Å². The van der Waals surface area contributed by atoms with Crippen LogP contribution in [0.3, 0.4) is 0 Å². The predicted molar refractivity (Wildman–Crippen MR) is 32.7 cm³/mol. The van der Waals surface area contributed by atoms with Crippen molar-refractivity contribution in [1.82, 2.24) is 5.32 Å². The van der Waals surface area contributed by atoms with Crippen LogP contribution in [0.25, 0.3) is 0 Å². The van der Waals surface area contributed by atoms with Crippen LogP contribution in [0.15, 0.2) is 0 Å². The molecule has 0 aliphatic heterocycles. The second kappa shape index (κ2) is 5.17. The van der Waals surface area contributed by atoms with Gasteiger partial charge in [0.2, 0.25) is 0 Å². The second-order valence-corrected chi connectivity index (χ2v) is 2.19. The maximum absolute atomic E-state index is 9.88. The molecule has 8 heavy (non-hydrogen) atoms. The summed E-state index contributed by atoms with van der Waals surface area (Å²) in [6, 6.07) is 0. The highest BCUT2D eigenvalue weighted by Crippen LogP contribution is 1.64. The molecule has 0 aliphatic carbocycles. The topological polar surface area (TPSA) is 75.3 Å². The van der Waals surface area contributed by atoms with Crippen LogP contribution in [0, 0.1) is 0 Å². The summed E-state index contributed by atoms with van der Waals surface area (Å²) in [5.74, 6) is 0.108. The molecule has 0 saturated carbocycles. The lowest BCUT2D eigenvalue weighted by Crippen LogP contribution is -2.25. The number of nitrogens with one attached hydrogen (secondary N) is 1. The smallest absolute Gasteiger partial charge is 0.167 e. The third kappa shape index (κ3) is 6.03. The van der Waals surface area contributed by atoms with Gasteiger partial charge in [0.25, 0.3) is 0 Å². The minimum Gasteiger partial charge on any atom is -0.329 e. The summed E-state index contributed by atoms with van der Waals surface area (Å²) in [5, 5.41) is 2.66. The molecule has 0 amide bonds. The van der Waals surface area contributed by atoms with Gasteiger partial charge in [0.05, 0.1) is 5.88 Å². The molecule has 0 radical (unpaired) electrons. The molecule has 0 fully saturated rings. The number of hydrogen-bond donors (Lipinski definition) is 3. The van der Waals surface area contributed by atoms with Crippen molar-refractivity contribution >= 4 is 11.1 Å². The number of nitrogens with two attached hydrogens (primary N) is 1. The van der Waals surface area contributed by atoms with Gasteiger partial charge in [0, 0.05) is 13.1 Å². The fraction of sp³-hybridized carbons (Fsp3) is 1.00. The predicted octanol–water partition coefficient (Wildman–Crippen LogP) is -1.29. The Morgan fingerprint density at radius 2 is 2.38 bits per heavy atom. The molecule has 0 aliphatic rings. The van der Waals surface area contributed by atoms with E-state index in [1.54, 1.807) is 0 Å². The van der Waals surface area contributed by atoms with Gasteiger partial charge < -0.3 is 15.6 Å². The van der Waals surface area contributed by atoms with Gasteiger partial charge in [-0.25, -0.2) is 4.21 Å². The quantitative estimate of drug-likeness (QED) is 0.334. The largest absolute Gasteiger partial charge is 0.329 e. The average molecular weight is 138 g/mol. The van der Waals surface area contributed by atoms with Crippen LogP contribution in [0.2, 0.25) is 0 Å². The minimum absolute atomic E-state index is 0.108. The molecule has 50 valence electrons. The lowest BCUT2D eigenvalue weighted by Gasteiger charge is -1.95. The van der Waals surface area contributed by atoms with Gasteiger partial charge in [-0.15, -0.1) is 0 Å². The summed E-state index contributed by atoms with van der Waals surface area (Å²) in [6.45, 7) is 1.09. The Kier molecular flexibility index (Phi) is 5.19. The second-order valence-electron chi connectivity index (χ2n) is 1.25. The van der Waals surface area contributed by atoms with Gasteiger partial charge in [0.1, 0.15) is 0 Å². The van der Waals surface area contributed by atoms with E-state index in [1.165, 1.54) is 0 Å². The molecule has 1 unspecified atom stereocenters. The lowest BCUT2D eigenvalue weighted by atomic mass is 10.7. The van der Waals surface area contributed by atoms with Crippen molar-refractivity contribution in [3.05, 3.63) is 0 Å². The monoisotopic (exact) mass is 138 g/mol. The SMILES string of the molecule is NCCNCS(=O)O. The van der Waals surface area contributed by atoms with Crippen LogP contribution in [-0.2, 0) is 11.1 Å². The first-order valence-electron chi connectivity index (χ1n) is 2.25. The fourth-order valence-corrected chi connectivity index (χ4v) is 0.580. The molecule has 0 aromatic rings. The zero-order valence-corrected chi connectivity index (χ0v) is 5.28. The Bertz CT molecular complexity index is 77.7.